The zero-order valence-electron chi connectivity index (χ0n) is 17.1. The summed E-state index contributed by atoms with van der Waals surface area (Å²) in [5.74, 6) is -0.226. The van der Waals surface area contributed by atoms with Gasteiger partial charge in [-0.2, -0.15) is 4.98 Å². The van der Waals surface area contributed by atoms with Crippen LogP contribution in [0.5, 0.6) is 0 Å². The summed E-state index contributed by atoms with van der Waals surface area (Å²) in [5, 5.41) is 14.1. The van der Waals surface area contributed by atoms with E-state index in [4.69, 9.17) is 0 Å². The van der Waals surface area contributed by atoms with E-state index in [9.17, 15) is 19.7 Å². The quantitative estimate of drug-likeness (QED) is 0.281. The van der Waals surface area contributed by atoms with E-state index in [2.05, 4.69) is 15.2 Å². The highest BCUT2D eigenvalue weighted by atomic mass is 32.2. The van der Waals surface area contributed by atoms with Gasteiger partial charge in [-0.3, -0.25) is 19.5 Å². The number of hydrogen-bond acceptors (Lipinski definition) is 7. The summed E-state index contributed by atoms with van der Waals surface area (Å²) in [4.78, 5) is 41.6. The number of nitrogens with zero attached hydrogens (tertiary/aromatic N) is 4. The standard InChI is InChI=1S/C20H25N5O4S/c1-23(2)10-5-11-24-17-9-4-8-16(17)19(22-20(24)27)30-13-18(26)21-14-6-3-7-15(12-14)25(28)29/h3,6-7,12H,4-5,8-11,13H2,1-2H3,(H,21,26). The fraction of sp³-hybridized carbons (Fsp3) is 0.450. The molecule has 1 N–H and O–H groups in total. The van der Waals surface area contributed by atoms with Crippen molar-refractivity contribution in [3.63, 3.8) is 0 Å². The molecule has 0 saturated carbocycles. The summed E-state index contributed by atoms with van der Waals surface area (Å²) in [7, 11) is 4.01. The Hall–Kier alpha value is -2.72. The van der Waals surface area contributed by atoms with Gasteiger partial charge in [0, 0.05) is 35.6 Å². The fourth-order valence-corrected chi connectivity index (χ4v) is 4.39. The Morgan fingerprint density at radius 2 is 2.17 bits per heavy atom. The van der Waals surface area contributed by atoms with E-state index in [1.165, 1.54) is 30.0 Å². The van der Waals surface area contributed by atoms with Crippen molar-refractivity contribution < 1.29 is 9.72 Å². The number of fused-ring (bicyclic) bond motifs is 1. The molecule has 10 heteroatoms. The minimum atomic E-state index is -0.509. The van der Waals surface area contributed by atoms with Crippen LogP contribution in [0.25, 0.3) is 0 Å². The van der Waals surface area contributed by atoms with Crippen molar-refractivity contribution >= 4 is 29.0 Å². The molecule has 1 heterocycles. The molecule has 0 saturated heterocycles. The number of non-ortho nitro benzene ring substituents is 1. The van der Waals surface area contributed by atoms with Gasteiger partial charge < -0.3 is 10.2 Å². The molecule has 0 aliphatic heterocycles. The predicted molar refractivity (Wildman–Crippen MR) is 116 cm³/mol. The van der Waals surface area contributed by atoms with Gasteiger partial charge in [0.1, 0.15) is 5.03 Å². The average Bonchev–Trinajstić information content (AvgIpc) is 3.18. The van der Waals surface area contributed by atoms with Crippen LogP contribution in [0.4, 0.5) is 11.4 Å². The van der Waals surface area contributed by atoms with Crippen LogP contribution >= 0.6 is 11.8 Å². The normalized spacial score (nSPS) is 12.8. The van der Waals surface area contributed by atoms with Gasteiger partial charge in [-0.05, 0) is 52.4 Å². The van der Waals surface area contributed by atoms with Crippen LogP contribution in [0.3, 0.4) is 0 Å². The van der Waals surface area contributed by atoms with Crippen LogP contribution in [-0.4, -0.2) is 51.7 Å². The van der Waals surface area contributed by atoms with Gasteiger partial charge in [-0.1, -0.05) is 17.8 Å². The maximum Gasteiger partial charge on any atom is 0.348 e. The van der Waals surface area contributed by atoms with Crippen LogP contribution in [0, 0.1) is 10.1 Å². The van der Waals surface area contributed by atoms with Crippen molar-refractivity contribution in [3.05, 3.63) is 56.1 Å². The maximum absolute atomic E-state index is 12.6. The largest absolute Gasteiger partial charge is 0.348 e. The first-order valence-corrected chi connectivity index (χ1v) is 10.8. The number of anilines is 1. The highest BCUT2D eigenvalue weighted by molar-refractivity contribution is 8.00. The van der Waals surface area contributed by atoms with Crippen molar-refractivity contribution in [2.24, 2.45) is 0 Å². The molecule has 1 aromatic heterocycles. The van der Waals surface area contributed by atoms with Gasteiger partial charge in [0.25, 0.3) is 5.69 Å². The lowest BCUT2D eigenvalue weighted by atomic mass is 10.2. The molecule has 1 amide bonds. The van der Waals surface area contributed by atoms with Gasteiger partial charge in [0.05, 0.1) is 10.7 Å². The number of rotatable bonds is 9. The number of aromatic nitrogens is 2. The Balaban J connectivity index is 1.67. The van der Waals surface area contributed by atoms with Crippen LogP contribution in [-0.2, 0) is 24.2 Å². The van der Waals surface area contributed by atoms with E-state index in [0.29, 0.717) is 17.3 Å². The molecule has 9 nitrogen and oxygen atoms in total. The molecule has 0 radical (unpaired) electrons. The Morgan fingerprint density at radius 3 is 2.90 bits per heavy atom. The van der Waals surface area contributed by atoms with Crippen LogP contribution in [0.1, 0.15) is 24.1 Å². The first-order valence-electron chi connectivity index (χ1n) is 9.79. The lowest BCUT2D eigenvalue weighted by Gasteiger charge is -2.15. The number of carbonyl (C=O) groups is 1. The molecule has 2 aromatic rings. The zero-order valence-corrected chi connectivity index (χ0v) is 17.9. The molecular weight excluding hydrogens is 406 g/mol. The summed E-state index contributed by atoms with van der Waals surface area (Å²) in [5.41, 5.74) is 2.11. The number of nitro groups is 1. The highest BCUT2D eigenvalue weighted by Gasteiger charge is 2.22. The first kappa shape index (κ1) is 22.0. The van der Waals surface area contributed by atoms with Crippen molar-refractivity contribution in [1.29, 1.82) is 0 Å². The summed E-state index contributed by atoms with van der Waals surface area (Å²) in [6.45, 7) is 1.54. The molecule has 1 aliphatic rings. The predicted octanol–water partition coefficient (Wildman–Crippen LogP) is 2.32. The van der Waals surface area contributed by atoms with Crippen molar-refractivity contribution in [3.8, 4) is 0 Å². The summed E-state index contributed by atoms with van der Waals surface area (Å²) in [6.07, 6.45) is 3.55. The van der Waals surface area contributed by atoms with E-state index in [1.807, 2.05) is 14.1 Å². The SMILES string of the molecule is CN(C)CCCn1c2c(c(SCC(=O)Nc3cccc([N+](=O)[O-])c3)nc1=O)CCC2. The Labute approximate surface area is 178 Å². The van der Waals surface area contributed by atoms with E-state index in [1.54, 1.807) is 10.6 Å². The molecule has 1 aromatic carbocycles. The van der Waals surface area contributed by atoms with E-state index in [0.717, 1.165) is 43.5 Å². The second-order valence-electron chi connectivity index (χ2n) is 7.43. The molecule has 0 spiro atoms. The lowest BCUT2D eigenvalue weighted by molar-refractivity contribution is -0.384. The number of carbonyl (C=O) groups excluding carboxylic acids is 1. The minimum Gasteiger partial charge on any atom is -0.325 e. The summed E-state index contributed by atoms with van der Waals surface area (Å²) in [6, 6.07) is 5.80. The topological polar surface area (TPSA) is 110 Å². The number of thioether (sulfide) groups is 1. The van der Waals surface area contributed by atoms with Gasteiger partial charge in [-0.15, -0.1) is 0 Å². The molecule has 0 atom stereocenters. The third kappa shape index (κ3) is 5.45. The fourth-order valence-electron chi connectivity index (χ4n) is 3.51. The lowest BCUT2D eigenvalue weighted by Crippen LogP contribution is -2.29. The smallest absolute Gasteiger partial charge is 0.325 e. The number of benzene rings is 1. The zero-order chi connectivity index (χ0) is 21.7. The molecule has 30 heavy (non-hydrogen) atoms. The third-order valence-corrected chi connectivity index (χ3v) is 5.89. The number of amides is 1. The van der Waals surface area contributed by atoms with E-state index in [-0.39, 0.29) is 23.0 Å². The second-order valence-corrected chi connectivity index (χ2v) is 8.40. The molecule has 160 valence electrons. The molecule has 1 aliphatic carbocycles. The summed E-state index contributed by atoms with van der Waals surface area (Å²) < 4.78 is 1.78. The van der Waals surface area contributed by atoms with Gasteiger partial charge >= 0.3 is 5.69 Å². The van der Waals surface area contributed by atoms with Crippen molar-refractivity contribution in [2.75, 3.05) is 31.7 Å². The van der Waals surface area contributed by atoms with Crippen LogP contribution in [0.15, 0.2) is 34.1 Å². The molecule has 3 rings (SSSR count). The second kappa shape index (κ2) is 9.86. The average molecular weight is 432 g/mol. The number of nitro benzene ring substituents is 1. The van der Waals surface area contributed by atoms with Crippen LogP contribution in [0.2, 0.25) is 0 Å². The number of nitrogens with one attached hydrogen (secondary N) is 1. The first-order chi connectivity index (χ1) is 14.3. The monoisotopic (exact) mass is 431 g/mol. The van der Waals surface area contributed by atoms with E-state index >= 15 is 0 Å². The van der Waals surface area contributed by atoms with Crippen LogP contribution < -0.4 is 11.0 Å². The molecule has 0 bridgehead atoms. The molecular formula is C20H25N5O4S. The third-order valence-electron chi connectivity index (χ3n) is 4.87. The van der Waals surface area contributed by atoms with Gasteiger partial charge in [-0.25, -0.2) is 4.79 Å². The van der Waals surface area contributed by atoms with Crippen molar-refractivity contribution in [2.45, 2.75) is 37.3 Å². The van der Waals surface area contributed by atoms with Crippen molar-refractivity contribution in [1.82, 2.24) is 14.5 Å². The Kier molecular flexibility index (Phi) is 7.22. The highest BCUT2D eigenvalue weighted by Crippen LogP contribution is 2.29. The van der Waals surface area contributed by atoms with E-state index < -0.39 is 4.92 Å². The Morgan fingerprint density at radius 1 is 1.37 bits per heavy atom. The summed E-state index contributed by atoms with van der Waals surface area (Å²) >= 11 is 1.24. The number of hydrogen-bond donors (Lipinski definition) is 1. The molecule has 0 fully saturated rings. The van der Waals surface area contributed by atoms with Gasteiger partial charge in [0.2, 0.25) is 5.91 Å². The Bertz CT molecular complexity index is 1010. The van der Waals surface area contributed by atoms with Gasteiger partial charge in [0.15, 0.2) is 0 Å². The minimum absolute atomic E-state index is 0.0756. The maximum atomic E-state index is 12.6. The molecule has 0 unspecified atom stereocenters.